The van der Waals surface area contributed by atoms with Crippen molar-refractivity contribution >= 4 is 46.4 Å². The zero-order valence-corrected chi connectivity index (χ0v) is 28.2. The number of methoxy groups -OCH3 is 1. The lowest BCUT2D eigenvalue weighted by Crippen LogP contribution is -2.53. The van der Waals surface area contributed by atoms with Crippen LogP contribution in [-0.2, 0) is 15.9 Å². The highest BCUT2D eigenvalue weighted by Crippen LogP contribution is 2.52. The molecule has 3 aromatic rings. The molecule has 50 heavy (non-hydrogen) atoms. The Morgan fingerprint density at radius 1 is 1.10 bits per heavy atom. The lowest BCUT2D eigenvalue weighted by atomic mass is 9.71. The number of rotatable bonds is 7. The van der Waals surface area contributed by atoms with Gasteiger partial charge in [0.1, 0.15) is 22.8 Å². The molecule has 1 aliphatic heterocycles. The minimum Gasteiger partial charge on any atom is -0.507 e. The number of aliphatic hydroxyl groups excluding tert-OH is 2. The van der Waals surface area contributed by atoms with E-state index in [1.165, 1.54) is 43.5 Å². The van der Waals surface area contributed by atoms with Crippen molar-refractivity contribution in [3.05, 3.63) is 85.4 Å². The van der Waals surface area contributed by atoms with E-state index >= 15 is 0 Å². The monoisotopic (exact) mass is 729 g/mol. The molecule has 16 heteroatoms. The van der Waals surface area contributed by atoms with Gasteiger partial charge < -0.3 is 45.5 Å². The molecule has 6 atom stereocenters. The van der Waals surface area contributed by atoms with Gasteiger partial charge in [0.15, 0.2) is 12.1 Å². The highest BCUT2D eigenvalue weighted by Gasteiger charge is 2.49. The molecule has 4 unspecified atom stereocenters. The molecule has 0 spiro atoms. The van der Waals surface area contributed by atoms with Gasteiger partial charge >= 0.3 is 0 Å². The first-order valence-corrected chi connectivity index (χ1v) is 16.2. The number of ether oxygens (including phenoxy) is 3. The molecule has 1 fully saturated rings. The number of carbonyl (C=O) groups is 3. The number of hydrazone groups is 1. The van der Waals surface area contributed by atoms with Gasteiger partial charge in [-0.25, -0.2) is 5.43 Å². The summed E-state index contributed by atoms with van der Waals surface area (Å²) in [6.45, 7) is 0.684. The van der Waals surface area contributed by atoms with Gasteiger partial charge in [0.05, 0.1) is 64.5 Å². The Balaban J connectivity index is 1.46. The average molecular weight is 731 g/mol. The summed E-state index contributed by atoms with van der Waals surface area (Å²) in [7, 11) is 1.32. The Morgan fingerprint density at radius 2 is 1.82 bits per heavy atom. The Kier molecular flexibility index (Phi) is 9.67. The number of benzene rings is 3. The molecule has 8 N–H and O–H groups in total. The first-order valence-electron chi connectivity index (χ1n) is 15.5. The summed E-state index contributed by atoms with van der Waals surface area (Å²) in [6.07, 6.45) is -5.31. The van der Waals surface area contributed by atoms with E-state index in [9.17, 15) is 39.9 Å². The molecule has 14 nitrogen and oxygen atoms in total. The van der Waals surface area contributed by atoms with Crippen molar-refractivity contribution in [3.63, 3.8) is 0 Å². The second kappa shape index (κ2) is 13.5. The number of ketones is 2. The molecule has 0 radical (unpaired) electrons. The summed E-state index contributed by atoms with van der Waals surface area (Å²) in [4.78, 5) is 40.7. The maximum atomic E-state index is 13.9. The number of hydrogen-bond acceptors (Lipinski definition) is 13. The third-order valence-corrected chi connectivity index (χ3v) is 10.0. The standard InChI is InChI=1S/C34H33Cl2N3O11/c1-13-28(41)19(37)9-23(49-13)50-21-11-34(47,22(12-40)38-39-33(46)14-6-7-17(35)18(36)8-14)10-16-25(21)32(45)27-26(30(16)43)29(42)15-4-3-5-20(48-2)24(15)31(27)44/h3-8,13,19,21,23,28,40-41,43,45,47H,9-12,37H2,1-2H3,(H,39,46)/b38-22+/t13?,19?,21-,23?,28?,34-/m0/s1. The number of aromatic hydroxyl groups is 2. The number of nitrogens with one attached hydrogen (secondary N) is 1. The van der Waals surface area contributed by atoms with Crippen LogP contribution in [0.1, 0.15) is 79.2 Å². The molecule has 264 valence electrons. The van der Waals surface area contributed by atoms with E-state index in [4.69, 9.17) is 43.1 Å². The lowest BCUT2D eigenvalue weighted by Gasteiger charge is -2.43. The SMILES string of the molecule is COc1cccc2c1C(=O)c1c(O)c3c(c(O)c1C2=O)C[C@@](O)(/C(CO)=N/NC(=O)c1ccc(Cl)c(Cl)c1)C[C@@H]3OC1CC(N)C(O)C(C)O1. The molecular weight excluding hydrogens is 697 g/mol. The van der Waals surface area contributed by atoms with Gasteiger partial charge in [-0.1, -0.05) is 35.3 Å². The number of phenolic OH excluding ortho intramolecular Hbond substituents is 2. The quantitative estimate of drug-likeness (QED) is 0.0827. The molecule has 2 aliphatic carbocycles. The largest absolute Gasteiger partial charge is 0.507 e. The molecule has 1 amide bonds. The number of halogens is 2. The van der Waals surface area contributed by atoms with E-state index in [0.717, 1.165) is 0 Å². The van der Waals surface area contributed by atoms with Crippen LogP contribution in [0.4, 0.5) is 0 Å². The first-order chi connectivity index (χ1) is 23.7. The third-order valence-electron chi connectivity index (χ3n) is 9.30. The van der Waals surface area contributed by atoms with Gasteiger partial charge in [0.2, 0.25) is 5.78 Å². The maximum Gasteiger partial charge on any atom is 0.271 e. The van der Waals surface area contributed by atoms with Crippen molar-refractivity contribution in [2.24, 2.45) is 10.8 Å². The summed E-state index contributed by atoms with van der Waals surface area (Å²) in [6, 6.07) is 7.66. The summed E-state index contributed by atoms with van der Waals surface area (Å²) in [5.74, 6) is -3.66. The summed E-state index contributed by atoms with van der Waals surface area (Å²) in [5, 5.41) is 60.7. The van der Waals surface area contributed by atoms with E-state index in [1.807, 2.05) is 0 Å². The van der Waals surface area contributed by atoms with Gasteiger partial charge in [-0.2, -0.15) is 5.10 Å². The topological polar surface area (TPSA) is 230 Å². The summed E-state index contributed by atoms with van der Waals surface area (Å²) >= 11 is 12.0. The molecule has 0 bridgehead atoms. The molecular formula is C34H33Cl2N3O11. The van der Waals surface area contributed by atoms with Crippen LogP contribution in [0.5, 0.6) is 17.2 Å². The molecule has 0 aromatic heterocycles. The number of nitrogens with zero attached hydrogens (tertiary/aromatic N) is 1. The number of carbonyl (C=O) groups excluding carboxylic acids is 3. The van der Waals surface area contributed by atoms with Crippen LogP contribution in [0.25, 0.3) is 0 Å². The summed E-state index contributed by atoms with van der Waals surface area (Å²) in [5.41, 5.74) is 4.41. The van der Waals surface area contributed by atoms with Crippen molar-refractivity contribution in [3.8, 4) is 17.2 Å². The molecule has 0 saturated carbocycles. The predicted molar refractivity (Wildman–Crippen MR) is 178 cm³/mol. The van der Waals surface area contributed by atoms with E-state index in [1.54, 1.807) is 6.92 Å². The molecule has 3 aliphatic rings. The van der Waals surface area contributed by atoms with Crippen molar-refractivity contribution in [1.29, 1.82) is 0 Å². The van der Waals surface area contributed by atoms with Gasteiger partial charge in [-0.05, 0) is 31.2 Å². The number of aliphatic hydroxyl groups is 3. The maximum absolute atomic E-state index is 13.9. The highest BCUT2D eigenvalue weighted by molar-refractivity contribution is 6.42. The fourth-order valence-corrected chi connectivity index (χ4v) is 7.02. The van der Waals surface area contributed by atoms with Crippen LogP contribution in [0, 0.1) is 0 Å². The zero-order valence-electron chi connectivity index (χ0n) is 26.6. The van der Waals surface area contributed by atoms with Crippen molar-refractivity contribution in [2.45, 2.75) is 62.4 Å². The minimum absolute atomic E-state index is 0.0178. The van der Waals surface area contributed by atoms with E-state index in [-0.39, 0.29) is 55.7 Å². The highest BCUT2D eigenvalue weighted by atomic mass is 35.5. The Morgan fingerprint density at radius 3 is 2.48 bits per heavy atom. The summed E-state index contributed by atoms with van der Waals surface area (Å²) < 4.78 is 17.4. The lowest BCUT2D eigenvalue weighted by molar-refractivity contribution is -0.245. The van der Waals surface area contributed by atoms with Gasteiger partial charge in [0.25, 0.3) is 5.91 Å². The number of phenols is 2. The molecule has 1 heterocycles. The Bertz CT molecular complexity index is 1940. The fraction of sp³-hybridized carbons (Fsp3) is 0.353. The van der Waals surface area contributed by atoms with Crippen molar-refractivity contribution in [1.82, 2.24) is 5.43 Å². The second-order valence-corrected chi connectivity index (χ2v) is 13.2. The second-order valence-electron chi connectivity index (χ2n) is 12.4. The van der Waals surface area contributed by atoms with Crippen LogP contribution in [0.2, 0.25) is 10.0 Å². The van der Waals surface area contributed by atoms with E-state index in [0.29, 0.717) is 0 Å². The third kappa shape index (κ3) is 6.01. The molecule has 1 saturated heterocycles. The van der Waals surface area contributed by atoms with Gasteiger partial charge in [-0.3, -0.25) is 14.4 Å². The number of amides is 1. The Labute approximate surface area is 295 Å². The fourth-order valence-electron chi connectivity index (χ4n) is 6.72. The van der Waals surface area contributed by atoms with E-state index in [2.05, 4.69) is 10.5 Å². The zero-order chi connectivity index (χ0) is 36.2. The van der Waals surface area contributed by atoms with Crippen LogP contribution in [0.15, 0.2) is 41.5 Å². The first kappa shape index (κ1) is 35.7. The molecule has 6 rings (SSSR count). The van der Waals surface area contributed by atoms with Crippen LogP contribution in [0.3, 0.4) is 0 Å². The van der Waals surface area contributed by atoms with Crippen LogP contribution >= 0.6 is 23.2 Å². The minimum atomic E-state index is -2.18. The average Bonchev–Trinajstić information content (AvgIpc) is 3.08. The van der Waals surface area contributed by atoms with Gasteiger partial charge in [-0.15, -0.1) is 0 Å². The number of hydrogen-bond donors (Lipinski definition) is 7. The van der Waals surface area contributed by atoms with Crippen molar-refractivity contribution < 1.29 is 54.1 Å². The smallest absolute Gasteiger partial charge is 0.271 e. The van der Waals surface area contributed by atoms with Crippen LogP contribution in [-0.4, -0.2) is 92.6 Å². The normalized spacial score (nSPS) is 26.2. The molecule has 3 aromatic carbocycles. The van der Waals surface area contributed by atoms with E-state index < -0.39 is 95.8 Å². The predicted octanol–water partition coefficient (Wildman–Crippen LogP) is 2.52. The number of fused-ring (bicyclic) bond motifs is 3. The van der Waals surface area contributed by atoms with Crippen LogP contribution < -0.4 is 15.9 Å². The van der Waals surface area contributed by atoms with Gasteiger partial charge in [0, 0.05) is 47.6 Å². The number of nitrogens with two attached hydrogens (primary N) is 1. The Hall–Kier alpha value is -4.12. The van der Waals surface area contributed by atoms with Crippen molar-refractivity contribution in [2.75, 3.05) is 13.7 Å².